The molecule has 134 valence electrons. The minimum absolute atomic E-state index is 0.0364. The molecule has 2 heterocycles. The van der Waals surface area contributed by atoms with E-state index in [1.807, 2.05) is 18.2 Å². The normalized spacial score (nSPS) is 21.3. The maximum Gasteiger partial charge on any atom is 0.325 e. The van der Waals surface area contributed by atoms with Crippen LogP contribution in [0, 0.1) is 0 Å². The molecule has 1 aromatic carbocycles. The Kier molecular flexibility index (Phi) is 4.04. The number of amides is 3. The Balaban J connectivity index is 1.69. The zero-order chi connectivity index (χ0) is 18.5. The van der Waals surface area contributed by atoms with Crippen LogP contribution in [0.1, 0.15) is 23.1 Å². The number of aromatic nitrogens is 1. The quantitative estimate of drug-likeness (QED) is 0.643. The topological polar surface area (TPSA) is 71.5 Å². The molecule has 3 amide bonds. The molecule has 26 heavy (non-hydrogen) atoms. The van der Waals surface area contributed by atoms with Gasteiger partial charge in [-0.1, -0.05) is 35.3 Å². The molecule has 1 fully saturated rings. The SMILES string of the molecule is COc1ccc2c(c1)C1(CC2)NC(=O)N(Cc2ccc(Cl)nc2Cl)C1=O. The summed E-state index contributed by atoms with van der Waals surface area (Å²) in [5.74, 6) is 0.357. The van der Waals surface area contributed by atoms with Crippen molar-refractivity contribution in [1.82, 2.24) is 15.2 Å². The highest BCUT2D eigenvalue weighted by atomic mass is 35.5. The van der Waals surface area contributed by atoms with Crippen molar-refractivity contribution in [2.45, 2.75) is 24.9 Å². The zero-order valence-corrected chi connectivity index (χ0v) is 15.4. The molecule has 1 aliphatic heterocycles. The van der Waals surface area contributed by atoms with Crippen molar-refractivity contribution in [3.05, 3.63) is 57.3 Å². The van der Waals surface area contributed by atoms with Crippen molar-refractivity contribution in [2.24, 2.45) is 0 Å². The van der Waals surface area contributed by atoms with E-state index in [-0.39, 0.29) is 22.8 Å². The van der Waals surface area contributed by atoms with E-state index in [4.69, 9.17) is 27.9 Å². The Labute approximate surface area is 160 Å². The molecule has 1 aliphatic carbocycles. The van der Waals surface area contributed by atoms with Crippen LogP contribution < -0.4 is 10.1 Å². The van der Waals surface area contributed by atoms with Crippen molar-refractivity contribution < 1.29 is 14.3 Å². The lowest BCUT2D eigenvalue weighted by Crippen LogP contribution is -2.41. The van der Waals surface area contributed by atoms with Crippen molar-refractivity contribution >= 4 is 35.1 Å². The van der Waals surface area contributed by atoms with Gasteiger partial charge in [-0.05, 0) is 42.2 Å². The average Bonchev–Trinajstić information content (AvgIpc) is 3.10. The Bertz CT molecular complexity index is 934. The number of halogens is 2. The molecule has 1 spiro atoms. The molecule has 4 rings (SSSR count). The van der Waals surface area contributed by atoms with Crippen LogP contribution in [-0.2, 0) is 23.3 Å². The Morgan fingerprint density at radius 3 is 2.81 bits per heavy atom. The Hall–Kier alpha value is -2.31. The first-order valence-electron chi connectivity index (χ1n) is 8.07. The highest BCUT2D eigenvalue weighted by Crippen LogP contribution is 2.43. The molecule has 0 saturated carbocycles. The van der Waals surface area contributed by atoms with Gasteiger partial charge in [-0.25, -0.2) is 9.78 Å². The van der Waals surface area contributed by atoms with Crippen molar-refractivity contribution in [3.8, 4) is 5.75 Å². The van der Waals surface area contributed by atoms with Gasteiger partial charge >= 0.3 is 6.03 Å². The highest BCUT2D eigenvalue weighted by molar-refractivity contribution is 6.32. The van der Waals surface area contributed by atoms with E-state index < -0.39 is 11.6 Å². The van der Waals surface area contributed by atoms with Crippen LogP contribution in [0.25, 0.3) is 0 Å². The summed E-state index contributed by atoms with van der Waals surface area (Å²) in [6, 6.07) is 8.40. The number of urea groups is 1. The molecule has 8 heteroatoms. The van der Waals surface area contributed by atoms with Gasteiger partial charge in [0.15, 0.2) is 0 Å². The number of pyridine rings is 1. The maximum atomic E-state index is 13.2. The maximum absolute atomic E-state index is 13.2. The number of imide groups is 1. The summed E-state index contributed by atoms with van der Waals surface area (Å²) in [6.45, 7) is 0.0364. The van der Waals surface area contributed by atoms with Gasteiger partial charge in [-0.3, -0.25) is 9.69 Å². The Morgan fingerprint density at radius 2 is 2.08 bits per heavy atom. The number of carbonyl (C=O) groups is 2. The van der Waals surface area contributed by atoms with E-state index in [1.165, 1.54) is 4.90 Å². The molecule has 1 unspecified atom stereocenters. The minimum atomic E-state index is -1.05. The summed E-state index contributed by atoms with van der Waals surface area (Å²) in [7, 11) is 1.57. The fraction of sp³-hybridized carbons (Fsp3) is 0.278. The molecular weight excluding hydrogens is 377 g/mol. The molecule has 1 atom stereocenters. The summed E-state index contributed by atoms with van der Waals surface area (Å²) >= 11 is 11.9. The van der Waals surface area contributed by atoms with Crippen molar-refractivity contribution in [2.75, 3.05) is 7.11 Å². The third-order valence-electron chi connectivity index (χ3n) is 4.94. The zero-order valence-electron chi connectivity index (χ0n) is 13.9. The van der Waals surface area contributed by atoms with Crippen LogP contribution >= 0.6 is 23.2 Å². The van der Waals surface area contributed by atoms with E-state index in [1.54, 1.807) is 19.2 Å². The first-order chi connectivity index (χ1) is 12.4. The first-order valence-corrected chi connectivity index (χ1v) is 8.82. The van der Waals surface area contributed by atoms with Gasteiger partial charge in [0.25, 0.3) is 5.91 Å². The smallest absolute Gasteiger partial charge is 0.325 e. The predicted molar refractivity (Wildman–Crippen MR) is 96.3 cm³/mol. The second kappa shape index (κ2) is 6.14. The number of benzene rings is 1. The van der Waals surface area contributed by atoms with Crippen LogP contribution in [0.4, 0.5) is 4.79 Å². The largest absolute Gasteiger partial charge is 0.497 e. The van der Waals surface area contributed by atoms with Crippen molar-refractivity contribution in [3.63, 3.8) is 0 Å². The molecule has 0 radical (unpaired) electrons. The third-order valence-corrected chi connectivity index (χ3v) is 5.48. The van der Waals surface area contributed by atoms with E-state index in [0.717, 1.165) is 11.1 Å². The predicted octanol–water partition coefficient (Wildman–Crippen LogP) is 3.29. The van der Waals surface area contributed by atoms with Gasteiger partial charge in [-0.2, -0.15) is 0 Å². The monoisotopic (exact) mass is 391 g/mol. The molecule has 2 aromatic rings. The third kappa shape index (κ3) is 2.52. The number of hydrogen-bond acceptors (Lipinski definition) is 4. The van der Waals surface area contributed by atoms with Gasteiger partial charge in [0.2, 0.25) is 0 Å². The lowest BCUT2D eigenvalue weighted by molar-refractivity contribution is -0.132. The van der Waals surface area contributed by atoms with Crippen LogP contribution in [0.2, 0.25) is 10.3 Å². The van der Waals surface area contributed by atoms with Gasteiger partial charge < -0.3 is 10.1 Å². The average molecular weight is 392 g/mol. The molecule has 1 saturated heterocycles. The summed E-state index contributed by atoms with van der Waals surface area (Å²) in [5.41, 5.74) is 1.33. The van der Waals surface area contributed by atoms with Crippen LogP contribution in [-0.4, -0.2) is 28.9 Å². The number of aryl methyl sites for hydroxylation is 1. The number of ether oxygens (including phenoxy) is 1. The van der Waals surface area contributed by atoms with Gasteiger partial charge in [-0.15, -0.1) is 0 Å². The fourth-order valence-corrected chi connectivity index (χ4v) is 4.01. The summed E-state index contributed by atoms with van der Waals surface area (Å²) < 4.78 is 5.28. The van der Waals surface area contributed by atoms with E-state index in [2.05, 4.69) is 10.3 Å². The first kappa shape index (κ1) is 17.1. The number of rotatable bonds is 3. The second-order valence-corrected chi connectivity index (χ2v) is 7.08. The number of nitrogens with one attached hydrogen (secondary N) is 1. The minimum Gasteiger partial charge on any atom is -0.497 e. The lowest BCUT2D eigenvalue weighted by Gasteiger charge is -2.23. The molecule has 6 nitrogen and oxygen atoms in total. The van der Waals surface area contributed by atoms with E-state index in [9.17, 15) is 9.59 Å². The fourth-order valence-electron chi connectivity index (χ4n) is 3.61. The van der Waals surface area contributed by atoms with Crippen LogP contribution in [0.5, 0.6) is 5.75 Å². The van der Waals surface area contributed by atoms with Crippen molar-refractivity contribution in [1.29, 1.82) is 0 Å². The summed E-state index contributed by atoms with van der Waals surface area (Å²) in [4.78, 5) is 30.9. The lowest BCUT2D eigenvalue weighted by atomic mass is 9.91. The number of fused-ring (bicyclic) bond motifs is 2. The number of nitrogens with zero attached hydrogens (tertiary/aromatic N) is 2. The highest BCUT2D eigenvalue weighted by Gasteiger charge is 2.55. The molecule has 1 aromatic heterocycles. The van der Waals surface area contributed by atoms with Crippen LogP contribution in [0.3, 0.4) is 0 Å². The summed E-state index contributed by atoms with van der Waals surface area (Å²) in [6.07, 6.45) is 1.23. The Morgan fingerprint density at radius 1 is 1.27 bits per heavy atom. The molecule has 0 bridgehead atoms. The standard InChI is InChI=1S/C18H15Cl2N3O3/c1-26-12-4-2-10-6-7-18(13(10)8-12)16(24)23(17(25)22-18)9-11-3-5-14(19)21-15(11)20/h2-5,8H,6-7,9H2,1H3,(H,22,25). The number of carbonyl (C=O) groups excluding carboxylic acids is 2. The number of methoxy groups -OCH3 is 1. The molecular formula is C18H15Cl2N3O3. The van der Waals surface area contributed by atoms with Gasteiger partial charge in [0, 0.05) is 5.56 Å². The van der Waals surface area contributed by atoms with Gasteiger partial charge in [0.05, 0.1) is 13.7 Å². The number of hydrogen-bond donors (Lipinski definition) is 1. The van der Waals surface area contributed by atoms with Gasteiger partial charge in [0.1, 0.15) is 21.6 Å². The van der Waals surface area contributed by atoms with Crippen LogP contribution in [0.15, 0.2) is 30.3 Å². The molecule has 2 aliphatic rings. The second-order valence-electron chi connectivity index (χ2n) is 6.33. The van der Waals surface area contributed by atoms with E-state index >= 15 is 0 Å². The van der Waals surface area contributed by atoms with E-state index in [0.29, 0.717) is 24.2 Å². The summed E-state index contributed by atoms with van der Waals surface area (Å²) in [5, 5.41) is 3.31. The molecule has 1 N–H and O–H groups in total.